The molecule has 1 saturated heterocycles. The molecule has 1 N–H and O–H groups in total. The molecule has 1 aromatic rings. The molecular weight excluding hydrogens is 288 g/mol. The van der Waals surface area contributed by atoms with Gasteiger partial charge in [0.05, 0.1) is 6.61 Å². The fraction of sp³-hybridized carbons (Fsp3) is 0.733. The van der Waals surface area contributed by atoms with Crippen LogP contribution in [0.2, 0.25) is 0 Å². The predicted octanol–water partition coefficient (Wildman–Crippen LogP) is 1.81. The van der Waals surface area contributed by atoms with Crippen LogP contribution in [0.1, 0.15) is 38.3 Å². The first kappa shape index (κ1) is 15.1. The van der Waals surface area contributed by atoms with Gasteiger partial charge >= 0.3 is 0 Å². The summed E-state index contributed by atoms with van der Waals surface area (Å²) in [6, 6.07) is 1.62. The van der Waals surface area contributed by atoms with Crippen LogP contribution in [0.15, 0.2) is 17.2 Å². The maximum atomic E-state index is 12.8. The number of aryl methyl sites for hydroxylation is 1. The zero-order chi connectivity index (χ0) is 15.0. The highest BCUT2D eigenvalue weighted by atomic mass is 32.2. The number of sulfonamides is 1. The molecule has 1 saturated carbocycles. The number of hydrogen-bond acceptors (Lipinski definition) is 3. The van der Waals surface area contributed by atoms with Gasteiger partial charge in [0, 0.05) is 31.5 Å². The highest BCUT2D eigenvalue weighted by Gasteiger charge is 2.41. The Morgan fingerprint density at radius 2 is 1.95 bits per heavy atom. The average molecular weight is 312 g/mol. The Balaban J connectivity index is 1.85. The van der Waals surface area contributed by atoms with Crippen molar-refractivity contribution in [2.24, 2.45) is 11.8 Å². The summed E-state index contributed by atoms with van der Waals surface area (Å²) < 4.78 is 29.1. The Labute approximate surface area is 126 Å². The summed E-state index contributed by atoms with van der Waals surface area (Å²) in [6.45, 7) is 3.98. The third kappa shape index (κ3) is 2.64. The topological polar surface area (TPSA) is 62.5 Å². The van der Waals surface area contributed by atoms with E-state index in [-0.39, 0.29) is 6.61 Å². The first-order valence-electron chi connectivity index (χ1n) is 7.86. The van der Waals surface area contributed by atoms with Crippen LogP contribution < -0.4 is 0 Å². The van der Waals surface area contributed by atoms with Gasteiger partial charge in [0.25, 0.3) is 0 Å². The Morgan fingerprint density at radius 1 is 1.29 bits per heavy atom. The summed E-state index contributed by atoms with van der Waals surface area (Å²) in [5, 5.41) is 9.39. The number of hydrogen-bond donors (Lipinski definition) is 1. The fourth-order valence-corrected chi connectivity index (χ4v) is 5.40. The van der Waals surface area contributed by atoms with Gasteiger partial charge in [-0.3, -0.25) is 0 Å². The van der Waals surface area contributed by atoms with Gasteiger partial charge in [-0.15, -0.1) is 0 Å². The fourth-order valence-electron chi connectivity index (χ4n) is 3.78. The van der Waals surface area contributed by atoms with Crippen LogP contribution in [-0.4, -0.2) is 35.5 Å². The SMILES string of the molecule is CCCn1cc(S(=O)(=O)N2CC3CCCC3C2)cc1CO. The molecule has 0 bridgehead atoms. The number of nitrogens with zero attached hydrogens (tertiary/aromatic N) is 2. The van der Waals surface area contributed by atoms with Crippen molar-refractivity contribution in [3.63, 3.8) is 0 Å². The number of aliphatic hydroxyl groups is 1. The van der Waals surface area contributed by atoms with E-state index in [4.69, 9.17) is 0 Å². The minimum atomic E-state index is -3.41. The number of aliphatic hydroxyl groups excluding tert-OH is 1. The predicted molar refractivity (Wildman–Crippen MR) is 80.2 cm³/mol. The number of fused-ring (bicyclic) bond motifs is 1. The van der Waals surface area contributed by atoms with Gasteiger partial charge in [-0.1, -0.05) is 13.3 Å². The smallest absolute Gasteiger partial charge is 0.244 e. The molecule has 2 heterocycles. The van der Waals surface area contributed by atoms with Crippen LogP contribution in [0.3, 0.4) is 0 Å². The van der Waals surface area contributed by atoms with Gasteiger partial charge in [-0.2, -0.15) is 4.31 Å². The summed E-state index contributed by atoms with van der Waals surface area (Å²) in [7, 11) is -3.41. The molecule has 0 amide bonds. The zero-order valence-electron chi connectivity index (χ0n) is 12.5. The average Bonchev–Trinajstić information content (AvgIpc) is 3.12. The Kier molecular flexibility index (Phi) is 4.12. The van der Waals surface area contributed by atoms with Crippen molar-refractivity contribution in [1.29, 1.82) is 0 Å². The highest BCUT2D eigenvalue weighted by Crippen LogP contribution is 2.39. The summed E-state index contributed by atoms with van der Waals surface area (Å²) in [5.74, 6) is 1.10. The molecule has 0 spiro atoms. The maximum Gasteiger partial charge on any atom is 0.244 e. The molecule has 0 aromatic carbocycles. The van der Waals surface area contributed by atoms with Crippen LogP contribution in [0.5, 0.6) is 0 Å². The summed E-state index contributed by atoms with van der Waals surface area (Å²) in [4.78, 5) is 0.333. The first-order chi connectivity index (χ1) is 10.1. The van der Waals surface area contributed by atoms with E-state index in [1.54, 1.807) is 16.6 Å². The highest BCUT2D eigenvalue weighted by molar-refractivity contribution is 7.89. The van der Waals surface area contributed by atoms with E-state index in [0.717, 1.165) is 25.8 Å². The lowest BCUT2D eigenvalue weighted by molar-refractivity contribution is 0.270. The third-order valence-electron chi connectivity index (χ3n) is 4.92. The molecule has 6 heteroatoms. The quantitative estimate of drug-likeness (QED) is 0.902. The van der Waals surface area contributed by atoms with Gasteiger partial charge < -0.3 is 9.67 Å². The molecule has 2 aliphatic rings. The Morgan fingerprint density at radius 3 is 2.52 bits per heavy atom. The molecule has 2 fully saturated rings. The molecule has 1 aromatic heterocycles. The van der Waals surface area contributed by atoms with Crippen molar-refractivity contribution < 1.29 is 13.5 Å². The number of aromatic nitrogens is 1. The summed E-state index contributed by atoms with van der Waals surface area (Å²) in [5.41, 5.74) is 0.676. The van der Waals surface area contributed by atoms with E-state index in [1.807, 2.05) is 11.5 Å². The molecular formula is C15H24N2O3S. The molecule has 21 heavy (non-hydrogen) atoms. The van der Waals surface area contributed by atoms with E-state index < -0.39 is 10.0 Å². The first-order valence-corrected chi connectivity index (χ1v) is 9.30. The van der Waals surface area contributed by atoms with E-state index >= 15 is 0 Å². The maximum absolute atomic E-state index is 12.8. The van der Waals surface area contributed by atoms with Crippen molar-refractivity contribution in [3.05, 3.63) is 18.0 Å². The van der Waals surface area contributed by atoms with Crippen LogP contribution in [0.4, 0.5) is 0 Å². The summed E-state index contributed by atoms with van der Waals surface area (Å²) in [6.07, 6.45) is 6.16. The molecule has 1 aliphatic carbocycles. The van der Waals surface area contributed by atoms with Crippen molar-refractivity contribution in [1.82, 2.24) is 8.87 Å². The lowest BCUT2D eigenvalue weighted by atomic mass is 10.0. The molecule has 3 rings (SSSR count). The normalized spacial score (nSPS) is 26.4. The van der Waals surface area contributed by atoms with E-state index in [2.05, 4.69) is 0 Å². The van der Waals surface area contributed by atoms with Gasteiger partial charge in [-0.25, -0.2) is 8.42 Å². The van der Waals surface area contributed by atoms with E-state index in [9.17, 15) is 13.5 Å². The van der Waals surface area contributed by atoms with Gasteiger partial charge in [0.15, 0.2) is 0 Å². The second kappa shape index (κ2) is 5.74. The second-order valence-corrected chi connectivity index (χ2v) is 8.23. The Hall–Kier alpha value is -0.850. The van der Waals surface area contributed by atoms with Crippen LogP contribution in [0.25, 0.3) is 0 Å². The molecule has 5 nitrogen and oxygen atoms in total. The van der Waals surface area contributed by atoms with E-state index in [1.165, 1.54) is 6.42 Å². The third-order valence-corrected chi connectivity index (χ3v) is 6.71. The molecule has 1 aliphatic heterocycles. The molecule has 2 unspecified atom stereocenters. The standard InChI is InChI=1S/C15H24N2O3S/c1-2-6-16-10-15(7-14(16)11-18)21(19,20)17-8-12-4-3-5-13(12)9-17/h7,10,12-13,18H,2-6,8-9,11H2,1H3. The second-order valence-electron chi connectivity index (χ2n) is 6.29. The lowest BCUT2D eigenvalue weighted by Crippen LogP contribution is -2.29. The van der Waals surface area contributed by atoms with Gasteiger partial charge in [0.2, 0.25) is 10.0 Å². The summed E-state index contributed by atoms with van der Waals surface area (Å²) >= 11 is 0. The van der Waals surface area contributed by atoms with E-state index in [0.29, 0.717) is 35.5 Å². The van der Waals surface area contributed by atoms with Crippen molar-refractivity contribution in [3.8, 4) is 0 Å². The largest absolute Gasteiger partial charge is 0.390 e. The molecule has 2 atom stereocenters. The monoisotopic (exact) mass is 312 g/mol. The lowest BCUT2D eigenvalue weighted by Gasteiger charge is -2.16. The number of rotatable bonds is 5. The molecule has 118 valence electrons. The Bertz CT molecular complexity index is 596. The van der Waals surface area contributed by atoms with Crippen LogP contribution in [0, 0.1) is 11.8 Å². The zero-order valence-corrected chi connectivity index (χ0v) is 13.3. The van der Waals surface area contributed by atoms with Crippen molar-refractivity contribution in [2.75, 3.05) is 13.1 Å². The van der Waals surface area contributed by atoms with Crippen molar-refractivity contribution in [2.45, 2.75) is 50.7 Å². The van der Waals surface area contributed by atoms with Gasteiger partial charge in [-0.05, 0) is 37.2 Å². The minimum Gasteiger partial charge on any atom is -0.390 e. The van der Waals surface area contributed by atoms with Crippen LogP contribution in [-0.2, 0) is 23.2 Å². The van der Waals surface area contributed by atoms with Gasteiger partial charge in [0.1, 0.15) is 4.90 Å². The van der Waals surface area contributed by atoms with Crippen molar-refractivity contribution >= 4 is 10.0 Å². The molecule has 0 radical (unpaired) electrons. The minimum absolute atomic E-state index is 0.124. The van der Waals surface area contributed by atoms with Crippen LogP contribution >= 0.6 is 0 Å².